The Morgan fingerprint density at radius 2 is 2.18 bits per heavy atom. The highest BCUT2D eigenvalue weighted by Gasteiger charge is 2.14. The van der Waals surface area contributed by atoms with Gasteiger partial charge in [0.2, 0.25) is 11.0 Å². The number of benzene rings is 1. The van der Waals surface area contributed by atoms with Gasteiger partial charge in [0.15, 0.2) is 0 Å². The molecule has 0 spiro atoms. The molecule has 1 fully saturated rings. The number of carbonyl (C=O) groups is 1. The minimum absolute atomic E-state index is 0.152. The van der Waals surface area contributed by atoms with E-state index in [1.807, 2.05) is 0 Å². The number of likely N-dealkylation sites (tertiary alicyclic amines) is 1. The van der Waals surface area contributed by atoms with Crippen molar-refractivity contribution in [2.24, 2.45) is 0 Å². The molecule has 7 heteroatoms. The van der Waals surface area contributed by atoms with Crippen molar-refractivity contribution >= 4 is 16.9 Å². The molecule has 1 aliphatic heterocycles. The average Bonchev–Trinajstić information content (AvgIpc) is 2.93. The number of hydrogen-bond acceptors (Lipinski definition) is 5. The summed E-state index contributed by atoms with van der Waals surface area (Å²) in [6.45, 7) is 4.02. The lowest BCUT2D eigenvalue weighted by atomic mass is 10.1. The van der Waals surface area contributed by atoms with Gasteiger partial charge in [-0.25, -0.2) is 0 Å². The molecule has 0 unspecified atom stereocenters. The third-order valence-corrected chi connectivity index (χ3v) is 4.03. The maximum Gasteiger partial charge on any atom is 0.251 e. The largest absolute Gasteiger partial charge is 0.359 e. The van der Waals surface area contributed by atoms with Crippen LogP contribution in [-0.2, 0) is 0 Å². The molecule has 1 aromatic heterocycles. The van der Waals surface area contributed by atoms with E-state index in [0.29, 0.717) is 28.0 Å². The third-order valence-electron chi connectivity index (χ3n) is 4.03. The molecular weight excluding hydrogens is 284 g/mol. The zero-order valence-electron chi connectivity index (χ0n) is 12.5. The second-order valence-electron chi connectivity index (χ2n) is 5.65. The lowest BCUT2D eigenvalue weighted by Crippen LogP contribution is -2.33. The summed E-state index contributed by atoms with van der Waals surface area (Å²) in [5, 5.41) is 17.7. The van der Waals surface area contributed by atoms with Crippen LogP contribution in [0.15, 0.2) is 22.8 Å². The number of nitrogens with one attached hydrogen (secondary N) is 1. The third kappa shape index (κ3) is 3.36. The summed E-state index contributed by atoms with van der Waals surface area (Å²) in [7, 11) is 0. The summed E-state index contributed by atoms with van der Waals surface area (Å²) in [4.78, 5) is 14.9. The summed E-state index contributed by atoms with van der Waals surface area (Å²) >= 11 is 0. The maximum absolute atomic E-state index is 12.1. The summed E-state index contributed by atoms with van der Waals surface area (Å²) < 4.78 is 4.49. The van der Waals surface area contributed by atoms with E-state index in [1.165, 1.54) is 32.4 Å². The maximum atomic E-state index is 12.1. The average molecular weight is 304 g/mol. The Kier molecular flexibility index (Phi) is 4.53. The van der Waals surface area contributed by atoms with E-state index in [4.69, 9.17) is 0 Å². The molecule has 3 rings (SSSR count). The standard InChI is InChI=1S/C15H20N4O3/c20-15(16-7-4-10-18-8-2-1-3-9-18)12-5-6-14-13(11-12)17-22-19(14)21/h5-6,11H,1-4,7-10H2,(H,16,20). The highest BCUT2D eigenvalue weighted by atomic mass is 16.8. The van der Waals surface area contributed by atoms with Gasteiger partial charge in [-0.1, -0.05) is 6.42 Å². The molecule has 0 aliphatic carbocycles. The second-order valence-corrected chi connectivity index (χ2v) is 5.65. The molecule has 1 aliphatic rings. The SMILES string of the molecule is O=C(NCCCN1CCCCC1)c1ccc2c(c1)no[n+]2[O-]. The van der Waals surface area contributed by atoms with Crippen molar-refractivity contribution in [3.63, 3.8) is 0 Å². The molecule has 0 bridgehead atoms. The Labute approximate surface area is 128 Å². The van der Waals surface area contributed by atoms with E-state index in [0.717, 1.165) is 13.0 Å². The Bertz CT molecular complexity index is 649. The molecule has 1 saturated heterocycles. The molecule has 0 saturated carbocycles. The summed E-state index contributed by atoms with van der Waals surface area (Å²) in [6, 6.07) is 4.71. The van der Waals surface area contributed by atoms with Crippen LogP contribution in [0.4, 0.5) is 0 Å². The van der Waals surface area contributed by atoms with E-state index in [9.17, 15) is 10.0 Å². The molecule has 7 nitrogen and oxygen atoms in total. The van der Waals surface area contributed by atoms with Crippen molar-refractivity contribution in [1.29, 1.82) is 0 Å². The van der Waals surface area contributed by atoms with Crippen molar-refractivity contribution < 1.29 is 14.3 Å². The van der Waals surface area contributed by atoms with Gasteiger partial charge in [0.1, 0.15) is 0 Å². The van der Waals surface area contributed by atoms with Gasteiger partial charge in [-0.05, 0) is 55.9 Å². The second kappa shape index (κ2) is 6.74. The number of piperidine rings is 1. The lowest BCUT2D eigenvalue weighted by molar-refractivity contribution is -0.782. The number of rotatable bonds is 5. The molecule has 0 radical (unpaired) electrons. The molecule has 118 valence electrons. The Hall–Kier alpha value is -2.15. The van der Waals surface area contributed by atoms with Gasteiger partial charge in [0.05, 0.1) is 0 Å². The van der Waals surface area contributed by atoms with E-state index < -0.39 is 0 Å². The van der Waals surface area contributed by atoms with Gasteiger partial charge in [0, 0.05) is 23.3 Å². The number of fused-ring (bicyclic) bond motifs is 1. The normalized spacial score (nSPS) is 16.0. The summed E-state index contributed by atoms with van der Waals surface area (Å²) in [5.41, 5.74) is 1.19. The molecule has 1 aromatic carbocycles. The topological polar surface area (TPSA) is 85.3 Å². The number of aromatic nitrogens is 2. The van der Waals surface area contributed by atoms with Crippen LogP contribution >= 0.6 is 0 Å². The van der Waals surface area contributed by atoms with E-state index >= 15 is 0 Å². The highest BCUT2D eigenvalue weighted by molar-refractivity contribution is 5.96. The number of carbonyl (C=O) groups excluding carboxylic acids is 1. The molecular formula is C15H20N4O3. The van der Waals surface area contributed by atoms with Crippen molar-refractivity contribution in [3.8, 4) is 0 Å². The minimum atomic E-state index is -0.152. The first kappa shape index (κ1) is 14.8. The van der Waals surface area contributed by atoms with Crippen LogP contribution < -0.4 is 10.2 Å². The smallest absolute Gasteiger partial charge is 0.251 e. The first-order chi connectivity index (χ1) is 10.7. The van der Waals surface area contributed by atoms with E-state index in [1.54, 1.807) is 18.2 Å². The predicted octanol–water partition coefficient (Wildman–Crippen LogP) is 1.07. The van der Waals surface area contributed by atoms with Crippen molar-refractivity contribution in [3.05, 3.63) is 29.0 Å². The number of amides is 1. The van der Waals surface area contributed by atoms with Gasteiger partial charge in [-0.3, -0.25) is 9.42 Å². The van der Waals surface area contributed by atoms with E-state index in [2.05, 4.69) is 20.0 Å². The molecule has 0 atom stereocenters. The van der Waals surface area contributed by atoms with Gasteiger partial charge in [-0.15, -0.1) is 0 Å². The quantitative estimate of drug-likeness (QED) is 0.659. The Morgan fingerprint density at radius 3 is 3.00 bits per heavy atom. The fraction of sp³-hybridized carbons (Fsp3) is 0.533. The van der Waals surface area contributed by atoms with Crippen LogP contribution in [0.1, 0.15) is 36.0 Å². The predicted molar refractivity (Wildman–Crippen MR) is 80.2 cm³/mol. The van der Waals surface area contributed by atoms with Gasteiger partial charge in [-0.2, -0.15) is 0 Å². The van der Waals surface area contributed by atoms with Crippen LogP contribution in [0, 0.1) is 5.21 Å². The first-order valence-electron chi connectivity index (χ1n) is 7.74. The van der Waals surface area contributed by atoms with E-state index in [-0.39, 0.29) is 5.91 Å². The lowest BCUT2D eigenvalue weighted by Gasteiger charge is -2.26. The van der Waals surface area contributed by atoms with Crippen LogP contribution in [0.5, 0.6) is 0 Å². The van der Waals surface area contributed by atoms with Crippen molar-refractivity contribution in [2.75, 3.05) is 26.2 Å². The summed E-state index contributed by atoms with van der Waals surface area (Å²) in [5.74, 6) is -0.152. The monoisotopic (exact) mass is 304 g/mol. The molecule has 2 aromatic rings. The molecule has 1 amide bonds. The number of nitrogens with zero attached hydrogens (tertiary/aromatic N) is 3. The highest BCUT2D eigenvalue weighted by Crippen LogP contribution is 2.11. The zero-order valence-corrected chi connectivity index (χ0v) is 12.5. The minimum Gasteiger partial charge on any atom is -0.359 e. The van der Waals surface area contributed by atoms with Crippen molar-refractivity contribution in [2.45, 2.75) is 25.7 Å². The van der Waals surface area contributed by atoms with Crippen LogP contribution in [0.3, 0.4) is 0 Å². The molecule has 22 heavy (non-hydrogen) atoms. The van der Waals surface area contributed by atoms with Crippen LogP contribution in [-0.4, -0.2) is 42.1 Å². The summed E-state index contributed by atoms with van der Waals surface area (Å²) in [6.07, 6.45) is 4.84. The molecule has 2 heterocycles. The van der Waals surface area contributed by atoms with Crippen molar-refractivity contribution in [1.82, 2.24) is 15.4 Å². The fourth-order valence-electron chi connectivity index (χ4n) is 2.81. The number of hydrogen-bond donors (Lipinski definition) is 1. The first-order valence-corrected chi connectivity index (χ1v) is 7.74. The van der Waals surface area contributed by atoms with Crippen LogP contribution in [0.25, 0.3) is 11.0 Å². The fourth-order valence-corrected chi connectivity index (χ4v) is 2.81. The zero-order chi connectivity index (χ0) is 15.4. The van der Waals surface area contributed by atoms with Crippen LogP contribution in [0.2, 0.25) is 0 Å². The van der Waals surface area contributed by atoms with Gasteiger partial charge in [0.25, 0.3) is 5.91 Å². The molecule has 1 N–H and O–H groups in total. The van der Waals surface area contributed by atoms with Gasteiger partial charge >= 0.3 is 0 Å². The van der Waals surface area contributed by atoms with Gasteiger partial charge < -0.3 is 15.4 Å². The Balaban J connectivity index is 1.48. The Morgan fingerprint density at radius 1 is 1.36 bits per heavy atom.